The lowest BCUT2D eigenvalue weighted by Gasteiger charge is -2.14. The molecule has 0 spiro atoms. The van der Waals surface area contributed by atoms with Crippen LogP contribution in [0.1, 0.15) is 76.1 Å². The lowest BCUT2D eigenvalue weighted by atomic mass is 10.0. The van der Waals surface area contributed by atoms with Crippen molar-refractivity contribution in [1.82, 2.24) is 10.3 Å². The Morgan fingerprint density at radius 2 is 1.70 bits per heavy atom. The largest absolute Gasteiger partial charge is 0.317 e. The molecule has 1 N–H and O–H groups in total. The van der Waals surface area contributed by atoms with E-state index in [9.17, 15) is 0 Å². The molecule has 0 fully saturated rings. The maximum absolute atomic E-state index is 4.38. The number of hydrogen-bond donors (Lipinski definition) is 1. The molecule has 116 valence electrons. The topological polar surface area (TPSA) is 24.9 Å². The number of likely N-dealkylation sites (N-methyl/N-ethyl adjacent to an activating group) is 1. The molecular formula is C17H32N2S. The predicted octanol–water partition coefficient (Wildman–Crippen LogP) is 5.19. The molecule has 20 heavy (non-hydrogen) atoms. The van der Waals surface area contributed by atoms with E-state index >= 15 is 0 Å². The van der Waals surface area contributed by atoms with Gasteiger partial charge in [-0.05, 0) is 13.5 Å². The molecule has 0 aliphatic rings. The predicted molar refractivity (Wildman–Crippen MR) is 90.5 cm³/mol. The highest BCUT2D eigenvalue weighted by molar-refractivity contribution is 7.09. The van der Waals surface area contributed by atoms with Gasteiger partial charge in [-0.15, -0.1) is 11.3 Å². The molecule has 0 bridgehead atoms. The van der Waals surface area contributed by atoms with Crippen molar-refractivity contribution in [2.75, 3.05) is 7.05 Å². The van der Waals surface area contributed by atoms with Crippen molar-refractivity contribution in [3.05, 3.63) is 16.6 Å². The van der Waals surface area contributed by atoms with E-state index in [-0.39, 0.29) is 0 Å². The molecule has 0 saturated heterocycles. The van der Waals surface area contributed by atoms with Crippen molar-refractivity contribution in [1.29, 1.82) is 0 Å². The highest BCUT2D eigenvalue weighted by atomic mass is 32.1. The van der Waals surface area contributed by atoms with Crippen molar-refractivity contribution in [3.8, 4) is 0 Å². The quantitative estimate of drug-likeness (QED) is 0.506. The Morgan fingerprint density at radius 3 is 2.25 bits per heavy atom. The van der Waals surface area contributed by atoms with E-state index < -0.39 is 0 Å². The second kappa shape index (κ2) is 12.3. The molecule has 1 unspecified atom stereocenters. The smallest absolute Gasteiger partial charge is 0.0940 e. The molecule has 0 aliphatic heterocycles. The molecule has 2 nitrogen and oxygen atoms in total. The van der Waals surface area contributed by atoms with Crippen LogP contribution in [0.4, 0.5) is 0 Å². The molecule has 1 atom stereocenters. The van der Waals surface area contributed by atoms with Crippen LogP contribution in [0.15, 0.2) is 11.6 Å². The summed E-state index contributed by atoms with van der Waals surface area (Å²) in [6.45, 7) is 2.28. The van der Waals surface area contributed by atoms with Gasteiger partial charge in [-0.1, -0.05) is 64.7 Å². The summed E-state index contributed by atoms with van der Waals surface area (Å²) >= 11 is 1.77. The molecule has 1 aromatic heterocycles. The van der Waals surface area contributed by atoms with Crippen molar-refractivity contribution in [2.45, 2.75) is 83.6 Å². The number of unbranched alkanes of at least 4 members (excludes halogenated alkanes) is 8. The number of hydrogen-bond acceptors (Lipinski definition) is 3. The molecule has 0 saturated carbocycles. The fourth-order valence-corrected chi connectivity index (χ4v) is 3.31. The maximum Gasteiger partial charge on any atom is 0.0940 e. The first-order chi connectivity index (χ1) is 9.86. The summed E-state index contributed by atoms with van der Waals surface area (Å²) in [5.74, 6) is 0. The van der Waals surface area contributed by atoms with Crippen molar-refractivity contribution < 1.29 is 0 Å². The summed E-state index contributed by atoms with van der Waals surface area (Å²) in [6, 6.07) is 0.603. The minimum atomic E-state index is 0.603. The fourth-order valence-electron chi connectivity index (χ4n) is 2.61. The fraction of sp³-hybridized carbons (Fsp3) is 0.824. The van der Waals surface area contributed by atoms with Gasteiger partial charge < -0.3 is 5.32 Å². The van der Waals surface area contributed by atoms with Crippen LogP contribution in [0.2, 0.25) is 0 Å². The molecule has 1 rings (SSSR count). The Hall–Kier alpha value is -0.410. The monoisotopic (exact) mass is 296 g/mol. The van der Waals surface area contributed by atoms with Gasteiger partial charge in [0, 0.05) is 24.0 Å². The van der Waals surface area contributed by atoms with Gasteiger partial charge in [0.1, 0.15) is 0 Å². The van der Waals surface area contributed by atoms with Gasteiger partial charge in [-0.2, -0.15) is 0 Å². The lowest BCUT2D eigenvalue weighted by molar-refractivity contribution is 0.476. The minimum Gasteiger partial charge on any atom is -0.317 e. The Bertz CT molecular complexity index is 298. The van der Waals surface area contributed by atoms with Crippen molar-refractivity contribution >= 4 is 11.3 Å². The Labute approximate surface area is 129 Å². The van der Waals surface area contributed by atoms with Crippen LogP contribution in [-0.2, 0) is 6.42 Å². The molecule has 1 aromatic rings. The standard InChI is InChI=1S/C17H32N2S/c1-3-4-5-6-7-8-9-10-11-12-16(18-2)15-17-19-13-14-20-17/h13-14,16,18H,3-12,15H2,1-2H3. The maximum atomic E-state index is 4.38. The number of nitrogens with zero attached hydrogens (tertiary/aromatic N) is 1. The average molecular weight is 297 g/mol. The van der Waals surface area contributed by atoms with Crippen LogP contribution in [0.5, 0.6) is 0 Å². The molecule has 0 aliphatic carbocycles. The number of rotatable bonds is 13. The minimum absolute atomic E-state index is 0.603. The summed E-state index contributed by atoms with van der Waals surface area (Å²) in [7, 11) is 2.08. The normalized spacial score (nSPS) is 12.7. The Morgan fingerprint density at radius 1 is 1.05 bits per heavy atom. The molecule has 0 radical (unpaired) electrons. The molecule has 1 heterocycles. The van der Waals surface area contributed by atoms with Crippen LogP contribution < -0.4 is 5.32 Å². The van der Waals surface area contributed by atoms with Crippen molar-refractivity contribution in [2.24, 2.45) is 0 Å². The third kappa shape index (κ3) is 8.70. The van der Waals surface area contributed by atoms with Crippen LogP contribution in [0, 0.1) is 0 Å². The van der Waals surface area contributed by atoms with E-state index in [2.05, 4.69) is 29.7 Å². The SMILES string of the molecule is CCCCCCCCCCCC(Cc1nccs1)NC. The van der Waals surface area contributed by atoms with Gasteiger partial charge in [-0.25, -0.2) is 4.98 Å². The van der Waals surface area contributed by atoms with Gasteiger partial charge in [0.2, 0.25) is 0 Å². The van der Waals surface area contributed by atoms with Gasteiger partial charge in [0.25, 0.3) is 0 Å². The average Bonchev–Trinajstić information content (AvgIpc) is 2.97. The highest BCUT2D eigenvalue weighted by Gasteiger charge is 2.08. The third-order valence-corrected chi connectivity index (χ3v) is 4.77. The number of aromatic nitrogens is 1. The van der Waals surface area contributed by atoms with E-state index in [1.54, 1.807) is 11.3 Å². The molecule has 0 aromatic carbocycles. The molecule has 3 heteroatoms. The lowest BCUT2D eigenvalue weighted by Crippen LogP contribution is -2.27. The zero-order chi connectivity index (χ0) is 14.5. The Balaban J connectivity index is 1.93. The van der Waals surface area contributed by atoms with Gasteiger partial charge in [0.05, 0.1) is 5.01 Å². The van der Waals surface area contributed by atoms with Crippen LogP contribution in [0.25, 0.3) is 0 Å². The van der Waals surface area contributed by atoms with E-state index in [1.807, 2.05) is 6.20 Å². The highest BCUT2D eigenvalue weighted by Crippen LogP contribution is 2.14. The summed E-state index contributed by atoms with van der Waals surface area (Å²) in [5.41, 5.74) is 0. The first-order valence-electron chi connectivity index (χ1n) is 8.42. The Kier molecular flexibility index (Phi) is 10.9. The van der Waals surface area contributed by atoms with Crippen LogP contribution in [-0.4, -0.2) is 18.1 Å². The number of nitrogens with one attached hydrogen (secondary N) is 1. The third-order valence-electron chi connectivity index (χ3n) is 3.97. The second-order valence-electron chi connectivity index (χ2n) is 5.73. The summed E-state index contributed by atoms with van der Waals surface area (Å²) in [5, 5.41) is 6.77. The summed E-state index contributed by atoms with van der Waals surface area (Å²) in [6.07, 6.45) is 17.0. The zero-order valence-electron chi connectivity index (χ0n) is 13.4. The van der Waals surface area contributed by atoms with E-state index in [0.29, 0.717) is 6.04 Å². The first kappa shape index (κ1) is 17.6. The second-order valence-corrected chi connectivity index (χ2v) is 6.71. The van der Waals surface area contributed by atoms with Crippen LogP contribution >= 0.6 is 11.3 Å². The first-order valence-corrected chi connectivity index (χ1v) is 9.30. The van der Waals surface area contributed by atoms with E-state index in [1.165, 1.54) is 69.2 Å². The van der Waals surface area contributed by atoms with Crippen LogP contribution in [0.3, 0.4) is 0 Å². The number of thiazole rings is 1. The van der Waals surface area contributed by atoms with Gasteiger partial charge >= 0.3 is 0 Å². The summed E-state index contributed by atoms with van der Waals surface area (Å²) < 4.78 is 0. The van der Waals surface area contributed by atoms with Crippen molar-refractivity contribution in [3.63, 3.8) is 0 Å². The van der Waals surface area contributed by atoms with Gasteiger partial charge in [0.15, 0.2) is 0 Å². The molecule has 0 amide bonds. The zero-order valence-corrected chi connectivity index (χ0v) is 14.2. The molecular weight excluding hydrogens is 264 g/mol. The van der Waals surface area contributed by atoms with E-state index in [0.717, 1.165) is 6.42 Å². The van der Waals surface area contributed by atoms with Gasteiger partial charge in [-0.3, -0.25) is 0 Å². The summed E-state index contributed by atoms with van der Waals surface area (Å²) in [4.78, 5) is 4.38. The van der Waals surface area contributed by atoms with E-state index in [4.69, 9.17) is 0 Å².